The van der Waals surface area contributed by atoms with Crippen LogP contribution < -0.4 is 9.64 Å². The number of amides is 1. The zero-order chi connectivity index (χ0) is 20.3. The number of nitrogens with zero attached hydrogens (tertiary/aromatic N) is 3. The van der Waals surface area contributed by atoms with E-state index in [0.717, 1.165) is 18.2 Å². The van der Waals surface area contributed by atoms with Crippen molar-refractivity contribution < 1.29 is 22.7 Å². The summed E-state index contributed by atoms with van der Waals surface area (Å²) >= 11 is 0. The molecule has 1 unspecified atom stereocenters. The van der Waals surface area contributed by atoms with Gasteiger partial charge in [-0.2, -0.15) is 13.2 Å². The number of rotatable bonds is 5. The van der Waals surface area contributed by atoms with Gasteiger partial charge >= 0.3 is 6.18 Å². The van der Waals surface area contributed by atoms with Crippen LogP contribution in [-0.2, 0) is 6.18 Å². The molecule has 150 valence electrons. The fraction of sp³-hybridized carbons (Fsp3) is 0.400. The summed E-state index contributed by atoms with van der Waals surface area (Å²) in [6, 6.07) is 11.0. The van der Waals surface area contributed by atoms with Gasteiger partial charge in [0.2, 0.25) is 5.88 Å². The number of hydrogen-bond acceptors (Lipinski definition) is 4. The number of likely N-dealkylation sites (tertiary alicyclic amines) is 1. The molecule has 0 spiro atoms. The molecule has 1 atom stereocenters. The van der Waals surface area contributed by atoms with E-state index in [0.29, 0.717) is 18.7 Å². The fourth-order valence-electron chi connectivity index (χ4n) is 3.11. The maximum atomic E-state index is 12.7. The number of hydrogen-bond donors (Lipinski definition) is 0. The van der Waals surface area contributed by atoms with Gasteiger partial charge in [-0.15, -0.1) is 0 Å². The molecule has 0 radical (unpaired) electrons. The van der Waals surface area contributed by atoms with E-state index in [2.05, 4.69) is 4.98 Å². The average Bonchev–Trinajstić information content (AvgIpc) is 3.14. The van der Waals surface area contributed by atoms with Crippen molar-refractivity contribution in [3.8, 4) is 5.88 Å². The Balaban J connectivity index is 1.57. The van der Waals surface area contributed by atoms with E-state index in [4.69, 9.17) is 4.74 Å². The van der Waals surface area contributed by atoms with Crippen LogP contribution in [0.15, 0.2) is 42.5 Å². The average molecular weight is 393 g/mol. The van der Waals surface area contributed by atoms with E-state index in [9.17, 15) is 18.0 Å². The third-order valence-electron chi connectivity index (χ3n) is 4.66. The molecule has 2 aromatic rings. The molecule has 0 bridgehead atoms. The van der Waals surface area contributed by atoms with Crippen LogP contribution in [0.5, 0.6) is 5.88 Å². The Morgan fingerprint density at radius 1 is 1.25 bits per heavy atom. The Bertz CT molecular complexity index is 839. The Kier molecular flexibility index (Phi) is 5.76. The smallest absolute Gasteiger partial charge is 0.433 e. The molecule has 1 aliphatic heterocycles. The van der Waals surface area contributed by atoms with Crippen molar-refractivity contribution in [3.05, 3.63) is 53.7 Å². The summed E-state index contributed by atoms with van der Waals surface area (Å²) in [5.41, 5.74) is 0.585. The van der Waals surface area contributed by atoms with Crippen molar-refractivity contribution in [2.75, 3.05) is 38.7 Å². The summed E-state index contributed by atoms with van der Waals surface area (Å²) in [6.45, 7) is 1.31. The SMILES string of the molecule is CN(C)c1cccc(C(=O)N2CCC(COc3cccc(C(F)(F)F)n3)C2)c1. The predicted molar refractivity (Wildman–Crippen MR) is 99.5 cm³/mol. The molecule has 1 fully saturated rings. The number of pyridine rings is 1. The Hall–Kier alpha value is -2.77. The zero-order valence-electron chi connectivity index (χ0n) is 15.7. The Labute approximate surface area is 161 Å². The molecular formula is C20H22F3N3O2. The lowest BCUT2D eigenvalue weighted by molar-refractivity contribution is -0.141. The number of carbonyl (C=O) groups excluding carboxylic acids is 1. The van der Waals surface area contributed by atoms with Crippen LogP contribution in [0.1, 0.15) is 22.5 Å². The first-order valence-electron chi connectivity index (χ1n) is 8.98. The topological polar surface area (TPSA) is 45.7 Å². The van der Waals surface area contributed by atoms with Crippen molar-refractivity contribution in [2.45, 2.75) is 12.6 Å². The molecule has 8 heteroatoms. The molecule has 3 rings (SSSR count). The van der Waals surface area contributed by atoms with Gasteiger partial charge in [-0.25, -0.2) is 4.98 Å². The molecule has 28 heavy (non-hydrogen) atoms. The van der Waals surface area contributed by atoms with Gasteiger partial charge in [-0.3, -0.25) is 4.79 Å². The van der Waals surface area contributed by atoms with Crippen molar-refractivity contribution >= 4 is 11.6 Å². The molecule has 1 aromatic carbocycles. The molecule has 0 N–H and O–H groups in total. The Morgan fingerprint density at radius 3 is 2.71 bits per heavy atom. The first-order valence-corrected chi connectivity index (χ1v) is 8.98. The number of alkyl halides is 3. The second kappa shape index (κ2) is 8.08. The summed E-state index contributed by atoms with van der Waals surface area (Å²) in [5.74, 6) is -0.0565. The minimum absolute atomic E-state index is 0.0524. The lowest BCUT2D eigenvalue weighted by atomic mass is 10.1. The van der Waals surface area contributed by atoms with Crippen LogP contribution in [-0.4, -0.2) is 49.6 Å². The van der Waals surface area contributed by atoms with Crippen molar-refractivity contribution in [3.63, 3.8) is 0 Å². The summed E-state index contributed by atoms with van der Waals surface area (Å²) in [4.78, 5) is 19.9. The van der Waals surface area contributed by atoms with Gasteiger partial charge in [0, 0.05) is 50.4 Å². The lowest BCUT2D eigenvalue weighted by Gasteiger charge is -2.19. The van der Waals surface area contributed by atoms with Gasteiger partial charge in [0.05, 0.1) is 6.61 Å². The van der Waals surface area contributed by atoms with E-state index < -0.39 is 11.9 Å². The first kappa shape index (κ1) is 20.0. The summed E-state index contributed by atoms with van der Waals surface area (Å²) in [6.07, 6.45) is -3.77. The maximum Gasteiger partial charge on any atom is 0.433 e. The third-order valence-corrected chi connectivity index (χ3v) is 4.66. The van der Waals surface area contributed by atoms with E-state index in [1.54, 1.807) is 11.0 Å². The molecule has 0 aliphatic carbocycles. The number of halogens is 3. The van der Waals surface area contributed by atoms with E-state index in [1.165, 1.54) is 12.1 Å². The van der Waals surface area contributed by atoms with Gasteiger partial charge in [0.25, 0.3) is 5.91 Å². The fourth-order valence-corrected chi connectivity index (χ4v) is 3.11. The van der Waals surface area contributed by atoms with Gasteiger partial charge in [0.1, 0.15) is 5.69 Å². The molecular weight excluding hydrogens is 371 g/mol. The van der Waals surface area contributed by atoms with Gasteiger partial charge in [-0.1, -0.05) is 12.1 Å². The highest BCUT2D eigenvalue weighted by Gasteiger charge is 2.33. The summed E-state index contributed by atoms with van der Waals surface area (Å²) in [5, 5.41) is 0. The van der Waals surface area contributed by atoms with Crippen LogP contribution in [0.2, 0.25) is 0 Å². The van der Waals surface area contributed by atoms with Gasteiger partial charge < -0.3 is 14.5 Å². The standard InChI is InChI=1S/C20H22F3N3O2/c1-25(2)16-6-3-5-15(11-16)19(27)26-10-9-14(12-26)13-28-18-8-4-7-17(24-18)20(21,22)23/h3-8,11,14H,9-10,12-13H2,1-2H3. The number of ether oxygens (including phenoxy) is 1. The molecule has 1 aromatic heterocycles. The van der Waals surface area contributed by atoms with Crippen molar-refractivity contribution in [1.82, 2.24) is 9.88 Å². The highest BCUT2D eigenvalue weighted by molar-refractivity contribution is 5.95. The predicted octanol–water partition coefficient (Wildman–Crippen LogP) is 3.71. The molecule has 5 nitrogen and oxygen atoms in total. The highest BCUT2D eigenvalue weighted by atomic mass is 19.4. The second-order valence-corrected chi connectivity index (χ2v) is 7.02. The summed E-state index contributed by atoms with van der Waals surface area (Å²) < 4.78 is 43.6. The molecule has 0 saturated carbocycles. The number of carbonyl (C=O) groups is 1. The van der Waals surface area contributed by atoms with Crippen LogP contribution >= 0.6 is 0 Å². The first-order chi connectivity index (χ1) is 13.2. The van der Waals surface area contributed by atoms with Gasteiger partial charge in [-0.05, 0) is 30.7 Å². The number of anilines is 1. The van der Waals surface area contributed by atoms with Crippen LogP contribution in [0.25, 0.3) is 0 Å². The van der Waals surface area contributed by atoms with Crippen molar-refractivity contribution in [1.29, 1.82) is 0 Å². The molecule has 2 heterocycles. The maximum absolute atomic E-state index is 12.7. The van der Waals surface area contributed by atoms with E-state index in [1.807, 2.05) is 37.2 Å². The highest BCUT2D eigenvalue weighted by Crippen LogP contribution is 2.29. The monoisotopic (exact) mass is 393 g/mol. The van der Waals surface area contributed by atoms with Crippen LogP contribution in [0, 0.1) is 5.92 Å². The molecule has 1 amide bonds. The minimum atomic E-state index is -4.50. The quantitative estimate of drug-likeness (QED) is 0.777. The zero-order valence-corrected chi connectivity index (χ0v) is 15.7. The van der Waals surface area contributed by atoms with Crippen LogP contribution in [0.3, 0.4) is 0 Å². The number of aromatic nitrogens is 1. The second-order valence-electron chi connectivity index (χ2n) is 7.02. The third kappa shape index (κ3) is 4.74. The Morgan fingerprint density at radius 2 is 2.00 bits per heavy atom. The molecule has 1 aliphatic rings. The molecule has 1 saturated heterocycles. The minimum Gasteiger partial charge on any atom is -0.477 e. The normalized spacial score (nSPS) is 16.9. The van der Waals surface area contributed by atoms with Crippen molar-refractivity contribution in [2.24, 2.45) is 5.92 Å². The largest absolute Gasteiger partial charge is 0.477 e. The summed E-state index contributed by atoms with van der Waals surface area (Å²) in [7, 11) is 3.82. The van der Waals surface area contributed by atoms with E-state index in [-0.39, 0.29) is 24.3 Å². The van der Waals surface area contributed by atoms with E-state index >= 15 is 0 Å². The van der Waals surface area contributed by atoms with Crippen LogP contribution in [0.4, 0.5) is 18.9 Å². The number of benzene rings is 1. The lowest BCUT2D eigenvalue weighted by Crippen LogP contribution is -2.29. The van der Waals surface area contributed by atoms with Gasteiger partial charge in [0.15, 0.2) is 0 Å².